The largest absolute Gasteiger partial charge is 0.497 e. The third-order valence-electron chi connectivity index (χ3n) is 4.01. The molecular weight excluding hydrogens is 432 g/mol. The van der Waals surface area contributed by atoms with Gasteiger partial charge in [-0.1, -0.05) is 0 Å². The number of nitrogens with one attached hydrogen (secondary N) is 1. The van der Waals surface area contributed by atoms with Crippen molar-refractivity contribution in [2.75, 3.05) is 26.2 Å². The number of carbonyl (C=O) groups is 1. The van der Waals surface area contributed by atoms with Gasteiger partial charge in [0.2, 0.25) is 0 Å². The fourth-order valence-corrected chi connectivity index (χ4v) is 3.47. The van der Waals surface area contributed by atoms with Gasteiger partial charge in [0.15, 0.2) is 5.11 Å². The number of hydrogen-bond acceptors (Lipinski definition) is 5. The van der Waals surface area contributed by atoms with Crippen LogP contribution in [0.25, 0.3) is 6.08 Å². The summed E-state index contributed by atoms with van der Waals surface area (Å²) in [7, 11) is 4.72. The molecule has 2 aromatic rings. The number of ether oxygens (including phenoxy) is 3. The van der Waals surface area contributed by atoms with Gasteiger partial charge in [-0.25, -0.2) is 0 Å². The lowest BCUT2D eigenvalue weighted by atomic mass is 10.1. The van der Waals surface area contributed by atoms with Crippen LogP contribution in [0, 0.1) is 0 Å². The Morgan fingerprint density at radius 2 is 1.70 bits per heavy atom. The molecule has 0 aliphatic carbocycles. The lowest BCUT2D eigenvalue weighted by Gasteiger charge is -2.14. The molecule has 1 aliphatic heterocycles. The number of carbonyl (C=O) groups excluding carboxylic acids is 1. The van der Waals surface area contributed by atoms with E-state index in [0.717, 1.165) is 4.47 Å². The summed E-state index contributed by atoms with van der Waals surface area (Å²) in [4.78, 5) is 14.3. The van der Waals surface area contributed by atoms with Crippen molar-refractivity contribution in [3.05, 3.63) is 52.1 Å². The second-order valence-corrected chi connectivity index (χ2v) is 6.80. The highest BCUT2D eigenvalue weighted by atomic mass is 79.9. The monoisotopic (exact) mass is 448 g/mol. The highest BCUT2D eigenvalue weighted by Gasteiger charge is 2.32. The second-order valence-electron chi connectivity index (χ2n) is 5.56. The molecule has 27 heavy (non-hydrogen) atoms. The van der Waals surface area contributed by atoms with Crippen LogP contribution in [0.5, 0.6) is 17.2 Å². The average molecular weight is 449 g/mol. The van der Waals surface area contributed by atoms with Crippen LogP contribution in [0.1, 0.15) is 5.56 Å². The molecule has 1 aliphatic rings. The van der Waals surface area contributed by atoms with Crippen molar-refractivity contribution in [1.29, 1.82) is 0 Å². The zero-order chi connectivity index (χ0) is 19.6. The Hall–Kier alpha value is -2.58. The normalized spacial score (nSPS) is 15.1. The van der Waals surface area contributed by atoms with Crippen LogP contribution in [0.15, 0.2) is 46.6 Å². The third kappa shape index (κ3) is 3.77. The molecule has 6 nitrogen and oxygen atoms in total. The van der Waals surface area contributed by atoms with E-state index in [1.165, 1.54) is 4.90 Å². The number of halogens is 1. The molecule has 0 spiro atoms. The van der Waals surface area contributed by atoms with Gasteiger partial charge in [-0.3, -0.25) is 9.69 Å². The highest BCUT2D eigenvalue weighted by Crippen LogP contribution is 2.34. The molecule has 1 saturated heterocycles. The van der Waals surface area contributed by atoms with E-state index < -0.39 is 0 Å². The molecule has 1 N–H and O–H groups in total. The van der Waals surface area contributed by atoms with Crippen molar-refractivity contribution in [2.24, 2.45) is 0 Å². The number of hydrogen-bond donors (Lipinski definition) is 1. The van der Waals surface area contributed by atoms with Crippen LogP contribution in [0.4, 0.5) is 5.69 Å². The maximum atomic E-state index is 12.9. The zero-order valence-electron chi connectivity index (χ0n) is 14.9. The Morgan fingerprint density at radius 1 is 1.04 bits per heavy atom. The van der Waals surface area contributed by atoms with E-state index in [0.29, 0.717) is 39.3 Å². The summed E-state index contributed by atoms with van der Waals surface area (Å²) in [5, 5.41) is 3.27. The lowest BCUT2D eigenvalue weighted by Crippen LogP contribution is -2.30. The van der Waals surface area contributed by atoms with E-state index in [1.54, 1.807) is 57.7 Å². The van der Waals surface area contributed by atoms with Gasteiger partial charge < -0.3 is 19.5 Å². The van der Waals surface area contributed by atoms with Crippen molar-refractivity contribution in [1.82, 2.24) is 5.32 Å². The number of rotatable bonds is 5. The molecule has 3 rings (SSSR count). The molecule has 8 heteroatoms. The van der Waals surface area contributed by atoms with Crippen molar-refractivity contribution < 1.29 is 19.0 Å². The number of amides is 1. The smallest absolute Gasteiger partial charge is 0.281 e. The van der Waals surface area contributed by atoms with E-state index in [9.17, 15) is 4.79 Å². The molecule has 0 bridgehead atoms. The van der Waals surface area contributed by atoms with Crippen LogP contribution in [0.2, 0.25) is 0 Å². The van der Waals surface area contributed by atoms with Crippen LogP contribution < -0.4 is 24.4 Å². The molecule has 1 fully saturated rings. The van der Waals surface area contributed by atoms with Crippen molar-refractivity contribution in [3.63, 3.8) is 0 Å². The molecule has 0 saturated carbocycles. The minimum Gasteiger partial charge on any atom is -0.497 e. The maximum Gasteiger partial charge on any atom is 0.281 e. The summed E-state index contributed by atoms with van der Waals surface area (Å²) in [6, 6.07) is 10.7. The number of thiocarbonyl (C=S) groups is 1. The predicted molar refractivity (Wildman–Crippen MR) is 111 cm³/mol. The van der Waals surface area contributed by atoms with Crippen molar-refractivity contribution >= 4 is 50.9 Å². The molecule has 1 heterocycles. The highest BCUT2D eigenvalue weighted by molar-refractivity contribution is 9.10. The first-order valence-corrected chi connectivity index (χ1v) is 9.11. The zero-order valence-corrected chi connectivity index (χ0v) is 17.3. The van der Waals surface area contributed by atoms with E-state index in [-0.39, 0.29) is 5.91 Å². The Labute approximate surface area is 170 Å². The quantitative estimate of drug-likeness (QED) is 0.555. The van der Waals surface area contributed by atoms with E-state index >= 15 is 0 Å². The number of methoxy groups -OCH3 is 3. The van der Waals surface area contributed by atoms with E-state index in [2.05, 4.69) is 21.2 Å². The number of nitrogens with zero attached hydrogens (tertiary/aromatic N) is 1. The first-order valence-electron chi connectivity index (χ1n) is 7.91. The van der Waals surface area contributed by atoms with Crippen molar-refractivity contribution in [3.8, 4) is 17.2 Å². The SMILES string of the molecule is COc1ccc(N2C(=O)/C(=C/c3cc(Br)c(OC)cc3OC)NC2=S)cc1. The van der Waals surface area contributed by atoms with Gasteiger partial charge in [0, 0.05) is 11.6 Å². The number of benzene rings is 2. The van der Waals surface area contributed by atoms with Crippen LogP contribution >= 0.6 is 28.1 Å². The molecule has 2 aromatic carbocycles. The van der Waals surface area contributed by atoms with Gasteiger partial charge in [-0.2, -0.15) is 0 Å². The minimum atomic E-state index is -0.251. The van der Waals surface area contributed by atoms with Gasteiger partial charge in [0.25, 0.3) is 5.91 Å². The summed E-state index contributed by atoms with van der Waals surface area (Å²) in [6.45, 7) is 0. The van der Waals surface area contributed by atoms with Gasteiger partial charge >= 0.3 is 0 Å². The summed E-state index contributed by atoms with van der Waals surface area (Å²) in [5.74, 6) is 1.66. The molecule has 0 radical (unpaired) electrons. The summed E-state index contributed by atoms with van der Waals surface area (Å²) in [5.41, 5.74) is 1.72. The third-order valence-corrected chi connectivity index (χ3v) is 4.92. The van der Waals surface area contributed by atoms with Crippen LogP contribution in [-0.2, 0) is 4.79 Å². The molecular formula is C19H17BrN2O4S. The summed E-state index contributed by atoms with van der Waals surface area (Å²) >= 11 is 8.79. The van der Waals surface area contributed by atoms with Crippen molar-refractivity contribution in [2.45, 2.75) is 0 Å². The first kappa shape index (κ1) is 19.2. The van der Waals surface area contributed by atoms with Gasteiger partial charge in [-0.15, -0.1) is 0 Å². The topological polar surface area (TPSA) is 60.0 Å². The fourth-order valence-electron chi connectivity index (χ4n) is 2.65. The molecule has 0 aromatic heterocycles. The molecule has 0 unspecified atom stereocenters. The maximum absolute atomic E-state index is 12.9. The average Bonchev–Trinajstić information content (AvgIpc) is 2.95. The Morgan fingerprint density at radius 3 is 2.30 bits per heavy atom. The van der Waals surface area contributed by atoms with E-state index in [4.69, 9.17) is 26.4 Å². The Bertz CT molecular complexity index is 928. The minimum absolute atomic E-state index is 0.251. The molecule has 140 valence electrons. The second kappa shape index (κ2) is 7.98. The van der Waals surface area contributed by atoms with Gasteiger partial charge in [0.05, 0.1) is 31.5 Å². The Kier molecular flexibility index (Phi) is 5.67. The molecule has 0 atom stereocenters. The van der Waals surface area contributed by atoms with E-state index in [1.807, 2.05) is 6.07 Å². The van der Waals surface area contributed by atoms with Gasteiger partial charge in [-0.05, 0) is 64.6 Å². The summed E-state index contributed by atoms with van der Waals surface area (Å²) in [6.07, 6.45) is 1.70. The fraction of sp³-hybridized carbons (Fsp3) is 0.158. The van der Waals surface area contributed by atoms with Crippen LogP contribution in [0.3, 0.4) is 0 Å². The lowest BCUT2D eigenvalue weighted by molar-refractivity contribution is -0.113. The molecule has 1 amide bonds. The number of anilines is 1. The van der Waals surface area contributed by atoms with Crippen LogP contribution in [-0.4, -0.2) is 32.3 Å². The predicted octanol–water partition coefficient (Wildman–Crippen LogP) is 3.74. The first-order chi connectivity index (χ1) is 13.0. The summed E-state index contributed by atoms with van der Waals surface area (Å²) < 4.78 is 16.6. The Balaban J connectivity index is 1.95. The van der Waals surface area contributed by atoms with Gasteiger partial charge in [0.1, 0.15) is 22.9 Å². The standard InChI is InChI=1S/C19H17BrN2O4S/c1-24-13-6-4-12(5-7-13)22-18(23)15(21-19(22)27)9-11-8-14(20)17(26-3)10-16(11)25-2/h4-10H,1-3H3,(H,21,27)/b15-9-.